The van der Waals surface area contributed by atoms with Crippen LogP contribution in [0.2, 0.25) is 0 Å². The zero-order valence-corrected chi connectivity index (χ0v) is 16.2. The fourth-order valence-electron chi connectivity index (χ4n) is 2.88. The number of amides is 1. The number of para-hydroxylation sites is 1. The highest BCUT2D eigenvalue weighted by atomic mass is 16.6. The van der Waals surface area contributed by atoms with Gasteiger partial charge in [0.1, 0.15) is 17.0 Å². The largest absolute Gasteiger partial charge is 0.494 e. The number of aryl methyl sites for hydroxylation is 1. The van der Waals surface area contributed by atoms with Crippen LogP contribution in [-0.4, -0.2) is 27.0 Å². The van der Waals surface area contributed by atoms with Gasteiger partial charge in [0, 0.05) is 12.3 Å². The van der Waals surface area contributed by atoms with Crippen LogP contribution < -0.4 is 21.3 Å². The fourth-order valence-corrected chi connectivity index (χ4v) is 2.88. The lowest BCUT2D eigenvalue weighted by Crippen LogP contribution is -2.38. The van der Waals surface area contributed by atoms with Crippen LogP contribution >= 0.6 is 0 Å². The standard InChI is InChI=1S/C20H18N4O6/c1-3-30-14-9-7-13(8-10-14)23-19(26)15(11-21-20(23)27)18(25)22-17-12(2)5-4-6-16(17)24(28)29/h4-11H,3H2,1-2H3,(H,21,27)(H,22,25). The van der Waals surface area contributed by atoms with E-state index in [0.29, 0.717) is 17.9 Å². The Labute approximate surface area is 169 Å². The molecule has 0 aliphatic heterocycles. The average Bonchev–Trinajstić information content (AvgIpc) is 2.70. The molecule has 3 rings (SSSR count). The molecule has 10 heteroatoms. The van der Waals surface area contributed by atoms with E-state index in [2.05, 4.69) is 10.3 Å². The number of nitro groups is 1. The second kappa shape index (κ2) is 8.43. The van der Waals surface area contributed by atoms with Crippen LogP contribution in [0.1, 0.15) is 22.8 Å². The summed E-state index contributed by atoms with van der Waals surface area (Å²) in [6.07, 6.45) is 0.981. The first-order valence-electron chi connectivity index (χ1n) is 8.96. The van der Waals surface area contributed by atoms with Gasteiger partial charge < -0.3 is 15.0 Å². The lowest BCUT2D eigenvalue weighted by atomic mass is 10.1. The van der Waals surface area contributed by atoms with Crippen LogP contribution in [0.25, 0.3) is 5.69 Å². The van der Waals surface area contributed by atoms with Gasteiger partial charge in [-0.05, 0) is 43.7 Å². The first-order chi connectivity index (χ1) is 14.3. The summed E-state index contributed by atoms with van der Waals surface area (Å²) in [7, 11) is 0. The molecule has 2 N–H and O–H groups in total. The smallest absolute Gasteiger partial charge is 0.333 e. The van der Waals surface area contributed by atoms with Crippen LogP contribution in [-0.2, 0) is 0 Å². The molecule has 0 saturated carbocycles. The zero-order chi connectivity index (χ0) is 21.8. The summed E-state index contributed by atoms with van der Waals surface area (Å²) in [4.78, 5) is 50.8. The third-order valence-electron chi connectivity index (χ3n) is 4.31. The molecule has 3 aromatic rings. The predicted molar refractivity (Wildman–Crippen MR) is 110 cm³/mol. The molecular weight excluding hydrogens is 392 g/mol. The van der Waals surface area contributed by atoms with Gasteiger partial charge in [0.2, 0.25) is 0 Å². The summed E-state index contributed by atoms with van der Waals surface area (Å²) < 4.78 is 6.14. The highest BCUT2D eigenvalue weighted by molar-refractivity contribution is 6.05. The molecule has 0 bridgehead atoms. The summed E-state index contributed by atoms with van der Waals surface area (Å²) >= 11 is 0. The molecule has 0 aliphatic rings. The molecule has 1 aromatic heterocycles. The maximum atomic E-state index is 12.9. The summed E-state index contributed by atoms with van der Waals surface area (Å²) in [5, 5.41) is 13.7. The van der Waals surface area contributed by atoms with Gasteiger partial charge in [-0.15, -0.1) is 0 Å². The molecule has 0 spiro atoms. The first-order valence-corrected chi connectivity index (χ1v) is 8.96. The van der Waals surface area contributed by atoms with Crippen molar-refractivity contribution < 1.29 is 14.5 Å². The average molecular weight is 410 g/mol. The molecule has 0 saturated heterocycles. The van der Waals surface area contributed by atoms with Crippen LogP contribution in [0.3, 0.4) is 0 Å². The van der Waals surface area contributed by atoms with Gasteiger partial charge in [0.15, 0.2) is 0 Å². The predicted octanol–water partition coefficient (Wildman–Crippen LogP) is 2.39. The molecule has 0 unspecified atom stereocenters. The number of nitro benzene ring substituents is 1. The monoisotopic (exact) mass is 410 g/mol. The molecule has 30 heavy (non-hydrogen) atoms. The Morgan fingerprint density at radius 2 is 1.90 bits per heavy atom. The van der Waals surface area contributed by atoms with Gasteiger partial charge in [0.05, 0.1) is 17.2 Å². The van der Waals surface area contributed by atoms with Crippen molar-refractivity contribution >= 4 is 17.3 Å². The first kappa shape index (κ1) is 20.5. The molecule has 1 heterocycles. The van der Waals surface area contributed by atoms with Gasteiger partial charge >= 0.3 is 5.69 Å². The molecule has 1 amide bonds. The van der Waals surface area contributed by atoms with E-state index in [1.54, 1.807) is 25.1 Å². The van der Waals surface area contributed by atoms with Gasteiger partial charge in [-0.1, -0.05) is 12.1 Å². The maximum absolute atomic E-state index is 12.9. The van der Waals surface area contributed by atoms with E-state index in [1.165, 1.54) is 24.3 Å². The number of hydrogen-bond donors (Lipinski definition) is 2. The van der Waals surface area contributed by atoms with Crippen molar-refractivity contribution in [1.29, 1.82) is 0 Å². The number of benzene rings is 2. The Bertz CT molecular complexity index is 1230. The topological polar surface area (TPSA) is 136 Å². The minimum atomic E-state index is -0.881. The van der Waals surface area contributed by atoms with E-state index < -0.39 is 22.1 Å². The summed E-state index contributed by atoms with van der Waals surface area (Å²) in [6.45, 7) is 3.87. The second-order valence-corrected chi connectivity index (χ2v) is 6.26. The number of H-pyrrole nitrogens is 1. The van der Waals surface area contributed by atoms with Crippen LogP contribution in [0.4, 0.5) is 11.4 Å². The van der Waals surface area contributed by atoms with Crippen molar-refractivity contribution in [3.63, 3.8) is 0 Å². The molecule has 0 radical (unpaired) electrons. The van der Waals surface area contributed by atoms with E-state index >= 15 is 0 Å². The number of nitrogens with one attached hydrogen (secondary N) is 2. The highest BCUT2D eigenvalue weighted by Crippen LogP contribution is 2.27. The zero-order valence-electron chi connectivity index (χ0n) is 16.2. The number of carbonyl (C=O) groups excluding carboxylic acids is 1. The highest BCUT2D eigenvalue weighted by Gasteiger charge is 2.21. The lowest BCUT2D eigenvalue weighted by molar-refractivity contribution is -0.384. The minimum Gasteiger partial charge on any atom is -0.494 e. The van der Waals surface area contributed by atoms with E-state index in [0.717, 1.165) is 10.8 Å². The molecule has 2 aromatic carbocycles. The minimum absolute atomic E-state index is 0.0225. The number of carbonyl (C=O) groups is 1. The van der Waals surface area contributed by atoms with Crippen molar-refractivity contribution in [2.45, 2.75) is 13.8 Å². The van der Waals surface area contributed by atoms with Crippen LogP contribution in [0, 0.1) is 17.0 Å². The molecule has 154 valence electrons. The van der Waals surface area contributed by atoms with Crippen molar-refractivity contribution in [2.24, 2.45) is 0 Å². The van der Waals surface area contributed by atoms with Crippen molar-refractivity contribution in [2.75, 3.05) is 11.9 Å². The number of rotatable bonds is 6. The van der Waals surface area contributed by atoms with Gasteiger partial charge in [-0.2, -0.15) is 0 Å². The van der Waals surface area contributed by atoms with Crippen molar-refractivity contribution in [3.05, 3.63) is 90.7 Å². The molecule has 0 atom stereocenters. The molecule has 0 aliphatic carbocycles. The summed E-state index contributed by atoms with van der Waals surface area (Å²) in [6, 6.07) is 10.5. The Kier molecular flexibility index (Phi) is 5.77. The number of aromatic nitrogens is 2. The SMILES string of the molecule is CCOc1ccc(-n2c(=O)[nH]cc(C(=O)Nc3c(C)cccc3[N+](=O)[O-])c2=O)cc1. The van der Waals surface area contributed by atoms with Gasteiger partial charge in [-0.3, -0.25) is 19.7 Å². The van der Waals surface area contributed by atoms with Crippen LogP contribution in [0.15, 0.2) is 58.3 Å². The Balaban J connectivity index is 2.02. The maximum Gasteiger partial charge on any atom is 0.333 e. The number of aromatic amines is 1. The van der Waals surface area contributed by atoms with E-state index in [9.17, 15) is 24.5 Å². The lowest BCUT2D eigenvalue weighted by Gasteiger charge is -2.10. The molecule has 10 nitrogen and oxygen atoms in total. The van der Waals surface area contributed by atoms with Gasteiger partial charge in [-0.25, -0.2) is 9.36 Å². The van der Waals surface area contributed by atoms with Crippen molar-refractivity contribution in [3.8, 4) is 11.4 Å². The Morgan fingerprint density at radius 3 is 2.53 bits per heavy atom. The van der Waals surface area contributed by atoms with E-state index in [1.807, 2.05) is 6.92 Å². The quantitative estimate of drug-likeness (QED) is 0.473. The number of hydrogen-bond acceptors (Lipinski definition) is 6. The Morgan fingerprint density at radius 1 is 1.20 bits per heavy atom. The van der Waals surface area contributed by atoms with E-state index in [4.69, 9.17) is 4.74 Å². The number of anilines is 1. The third kappa shape index (κ3) is 3.97. The fraction of sp³-hybridized carbons (Fsp3) is 0.150. The van der Waals surface area contributed by atoms with Crippen LogP contribution in [0.5, 0.6) is 5.75 Å². The Hall–Kier alpha value is -4.21. The van der Waals surface area contributed by atoms with E-state index in [-0.39, 0.29) is 22.6 Å². The third-order valence-corrected chi connectivity index (χ3v) is 4.31. The number of nitrogens with zero attached hydrogens (tertiary/aromatic N) is 2. The molecular formula is C20H18N4O6. The van der Waals surface area contributed by atoms with Gasteiger partial charge in [0.25, 0.3) is 17.2 Å². The number of ether oxygens (including phenoxy) is 1. The summed E-state index contributed by atoms with van der Waals surface area (Å²) in [5.41, 5.74) is -1.61. The van der Waals surface area contributed by atoms with Crippen molar-refractivity contribution in [1.82, 2.24) is 9.55 Å². The summed E-state index contributed by atoms with van der Waals surface area (Å²) in [5.74, 6) is -0.320. The normalized spacial score (nSPS) is 10.5. The second-order valence-electron chi connectivity index (χ2n) is 6.26. The molecule has 0 fully saturated rings.